The van der Waals surface area contributed by atoms with Crippen LogP contribution in [0.4, 0.5) is 0 Å². The van der Waals surface area contributed by atoms with Crippen LogP contribution in [-0.4, -0.2) is 36.0 Å². The Morgan fingerprint density at radius 3 is 1.44 bits per heavy atom. The molecule has 0 bridgehead atoms. The van der Waals surface area contributed by atoms with Crippen LogP contribution in [0.3, 0.4) is 0 Å². The van der Waals surface area contributed by atoms with E-state index in [4.69, 9.17) is 42.5 Å². The van der Waals surface area contributed by atoms with Crippen molar-refractivity contribution < 1.29 is 38.5 Å². The zero-order valence-corrected chi connectivity index (χ0v) is 35.1. The molecule has 2 aliphatic rings. The molecule has 6 aromatic carbocycles. The molecule has 8 rings (SSSR count). The molecule has 0 aromatic heterocycles. The highest BCUT2D eigenvalue weighted by Gasteiger charge is 2.32. The Morgan fingerprint density at radius 1 is 0.587 bits per heavy atom. The fraction of sp³-hybridized carbons (Fsp3) is 0.216. The fourth-order valence-corrected chi connectivity index (χ4v) is 7.97. The Bertz CT molecular complexity index is 2660. The summed E-state index contributed by atoms with van der Waals surface area (Å²) in [4.78, 5) is 47.0. The van der Waals surface area contributed by atoms with Gasteiger partial charge in [-0.1, -0.05) is 98.7 Å². The average molecular weight is 890 g/mol. The van der Waals surface area contributed by atoms with Crippen molar-refractivity contribution in [3.8, 4) is 33.8 Å². The van der Waals surface area contributed by atoms with Crippen LogP contribution in [-0.2, 0) is 27.5 Å². The van der Waals surface area contributed by atoms with E-state index in [1.54, 1.807) is 24.3 Å². The van der Waals surface area contributed by atoms with E-state index in [0.717, 1.165) is 55.1 Å². The van der Waals surface area contributed by atoms with Crippen LogP contribution in [0, 0.1) is 13.8 Å². The molecule has 2 heterocycles. The Labute approximate surface area is 378 Å². The fourth-order valence-electron chi connectivity index (χ4n) is 7.52. The topological polar surface area (TPSA) is 140 Å². The maximum Gasteiger partial charge on any atom is 0.307 e. The number of esters is 1. The summed E-state index contributed by atoms with van der Waals surface area (Å²) in [5.74, 6) is -0.649. The summed E-state index contributed by atoms with van der Waals surface area (Å²) in [6.45, 7) is 4.77. The van der Waals surface area contributed by atoms with Crippen molar-refractivity contribution >= 4 is 47.0 Å². The lowest BCUT2D eigenvalue weighted by Crippen LogP contribution is -2.21. The molecule has 0 fully saturated rings. The lowest BCUT2D eigenvalue weighted by molar-refractivity contribution is -0.141. The van der Waals surface area contributed by atoms with Gasteiger partial charge in [-0.15, -0.1) is 0 Å². The van der Waals surface area contributed by atoms with E-state index in [-0.39, 0.29) is 51.5 Å². The molecule has 326 valence electrons. The first-order chi connectivity index (χ1) is 29.3. The van der Waals surface area contributed by atoms with Gasteiger partial charge in [-0.2, -0.15) is 0 Å². The van der Waals surface area contributed by atoms with Crippen molar-refractivity contribution in [1.29, 1.82) is 0 Å². The number of carboxylic acid groups (broad SMARTS) is 1. The largest absolute Gasteiger partial charge is 0.489 e. The molecule has 0 radical (unpaired) electrons. The minimum absolute atomic E-state index is 0. The van der Waals surface area contributed by atoms with E-state index < -0.39 is 12.0 Å². The number of hydrogen-bond acceptors (Lipinski definition) is 7. The summed E-state index contributed by atoms with van der Waals surface area (Å²) < 4.78 is 16.6. The standard InChI is InChI=1S/C25H22ClNO4.C24H20ClNO4.2CH4/c1-15-10-18(26)6-8-20(15)17-5-3-4-16(11-17)14-31-19-7-9-21-22(12-19)25(29)27-23(21)13-24(28)30-2;1-14-9-17(25)5-7-19(14)16-4-2-3-15(10-16)13-30-18-6-8-20-21(11-18)24(29)26-22(20)12-23(27)28;;/h3-12,23H,13-14H2,1-2H3,(H,27,29);2-11,22H,12-13H2,1H3,(H,26,29)(H,27,28);2*1H4. The van der Waals surface area contributed by atoms with Gasteiger partial charge < -0.3 is 30.0 Å². The van der Waals surface area contributed by atoms with Gasteiger partial charge in [-0.05, 0) is 130 Å². The van der Waals surface area contributed by atoms with Gasteiger partial charge in [-0.25, -0.2) is 0 Å². The van der Waals surface area contributed by atoms with Crippen molar-refractivity contribution in [3.63, 3.8) is 0 Å². The van der Waals surface area contributed by atoms with Crippen molar-refractivity contribution in [3.05, 3.63) is 176 Å². The molecule has 0 saturated carbocycles. The van der Waals surface area contributed by atoms with Crippen molar-refractivity contribution in [2.24, 2.45) is 0 Å². The van der Waals surface area contributed by atoms with E-state index >= 15 is 0 Å². The number of aliphatic carboxylic acids is 1. The SMILES string of the molecule is C.C.COC(=O)CC1NC(=O)c2cc(OCc3cccc(-c4ccc(Cl)cc4C)c3)ccc21.Cc1cc(Cl)ccc1-c1cccc(COc2ccc3c(c2)C(=O)NC3CC(=O)O)c1. The highest BCUT2D eigenvalue weighted by atomic mass is 35.5. The van der Waals surface area contributed by atoms with E-state index in [2.05, 4.69) is 28.8 Å². The van der Waals surface area contributed by atoms with Crippen LogP contribution < -0.4 is 20.1 Å². The number of methoxy groups -OCH3 is 1. The maximum absolute atomic E-state index is 12.3. The highest BCUT2D eigenvalue weighted by molar-refractivity contribution is 6.31. The molecular formula is C51H50Cl2N2O8. The number of benzene rings is 6. The summed E-state index contributed by atoms with van der Waals surface area (Å²) in [7, 11) is 1.33. The van der Waals surface area contributed by atoms with Crippen molar-refractivity contribution in [2.45, 2.75) is 66.8 Å². The lowest BCUT2D eigenvalue weighted by atomic mass is 9.99. The summed E-state index contributed by atoms with van der Waals surface area (Å²) in [6, 6.07) is 37.5. The number of carbonyl (C=O) groups excluding carboxylic acids is 3. The van der Waals surface area contributed by atoms with Crippen LogP contribution >= 0.6 is 23.2 Å². The van der Waals surface area contributed by atoms with E-state index in [9.17, 15) is 19.2 Å². The Morgan fingerprint density at radius 2 is 1.03 bits per heavy atom. The van der Waals surface area contributed by atoms with Gasteiger partial charge in [0.25, 0.3) is 11.8 Å². The van der Waals surface area contributed by atoms with Crippen molar-refractivity contribution in [2.75, 3.05) is 7.11 Å². The number of rotatable bonds is 12. The number of carboxylic acids is 1. The second-order valence-electron chi connectivity index (χ2n) is 14.8. The van der Waals surface area contributed by atoms with Crippen LogP contribution in [0.1, 0.15) is 93.9 Å². The molecule has 2 aliphatic heterocycles. The molecule has 12 heteroatoms. The third kappa shape index (κ3) is 11.5. The summed E-state index contributed by atoms with van der Waals surface area (Å²) in [5.41, 5.74) is 11.1. The molecule has 10 nitrogen and oxygen atoms in total. The number of ether oxygens (including phenoxy) is 3. The molecule has 0 saturated heterocycles. The quantitative estimate of drug-likeness (QED) is 0.103. The number of fused-ring (bicyclic) bond motifs is 2. The summed E-state index contributed by atoms with van der Waals surface area (Å²) in [6.07, 6.45) is -0.0395. The third-order valence-corrected chi connectivity index (χ3v) is 11.0. The van der Waals surface area contributed by atoms with Gasteiger partial charge in [0.2, 0.25) is 0 Å². The first-order valence-electron chi connectivity index (χ1n) is 19.5. The third-order valence-electron chi connectivity index (χ3n) is 10.5. The summed E-state index contributed by atoms with van der Waals surface area (Å²) >= 11 is 12.1. The number of aryl methyl sites for hydroxylation is 2. The monoisotopic (exact) mass is 888 g/mol. The van der Waals surface area contributed by atoms with E-state index in [0.29, 0.717) is 46.4 Å². The minimum Gasteiger partial charge on any atom is -0.489 e. The molecule has 2 atom stereocenters. The van der Waals surface area contributed by atoms with Gasteiger partial charge >= 0.3 is 11.9 Å². The van der Waals surface area contributed by atoms with Crippen LogP contribution in [0.15, 0.2) is 121 Å². The van der Waals surface area contributed by atoms with Gasteiger partial charge in [0.15, 0.2) is 0 Å². The lowest BCUT2D eigenvalue weighted by Gasteiger charge is -2.12. The van der Waals surface area contributed by atoms with Gasteiger partial charge in [-0.3, -0.25) is 19.2 Å². The molecule has 6 aromatic rings. The van der Waals surface area contributed by atoms with E-state index in [1.165, 1.54) is 7.11 Å². The molecule has 3 N–H and O–H groups in total. The second kappa shape index (κ2) is 21.0. The first-order valence-corrected chi connectivity index (χ1v) is 20.3. The molecule has 0 spiro atoms. The second-order valence-corrected chi connectivity index (χ2v) is 15.7. The highest BCUT2D eigenvalue weighted by Crippen LogP contribution is 2.34. The van der Waals surface area contributed by atoms with Crippen LogP contribution in [0.25, 0.3) is 22.3 Å². The zero-order valence-electron chi connectivity index (χ0n) is 33.6. The van der Waals surface area contributed by atoms with Gasteiger partial charge in [0, 0.05) is 21.2 Å². The van der Waals surface area contributed by atoms with E-state index in [1.807, 2.05) is 92.7 Å². The molecule has 63 heavy (non-hydrogen) atoms. The van der Waals surface area contributed by atoms with Gasteiger partial charge in [0.05, 0.1) is 32.0 Å². The number of nitrogens with one attached hydrogen (secondary N) is 2. The minimum atomic E-state index is -0.954. The first kappa shape index (κ1) is 47.4. The predicted octanol–water partition coefficient (Wildman–Crippen LogP) is 11.7. The number of carbonyl (C=O) groups is 4. The molecule has 2 unspecified atom stereocenters. The Hall–Kier alpha value is -6.62. The molecule has 2 amide bonds. The van der Waals surface area contributed by atoms with Gasteiger partial charge in [0.1, 0.15) is 24.7 Å². The predicted molar refractivity (Wildman–Crippen MR) is 248 cm³/mol. The molecule has 0 aliphatic carbocycles. The zero-order chi connectivity index (χ0) is 43.2. The number of hydrogen-bond donors (Lipinski definition) is 3. The average Bonchev–Trinajstić information content (AvgIpc) is 3.72. The molecular weight excluding hydrogens is 839 g/mol. The Kier molecular flexibility index (Phi) is 15.8. The number of halogens is 2. The van der Waals surface area contributed by atoms with Crippen molar-refractivity contribution in [1.82, 2.24) is 10.6 Å². The normalized spacial score (nSPS) is 14.3. The number of amides is 2. The van der Waals surface area contributed by atoms with Crippen LogP contribution in [0.5, 0.6) is 11.5 Å². The maximum atomic E-state index is 12.3. The smallest absolute Gasteiger partial charge is 0.307 e. The van der Waals surface area contributed by atoms with Crippen LogP contribution in [0.2, 0.25) is 10.0 Å². The summed E-state index contributed by atoms with van der Waals surface area (Å²) in [5, 5.41) is 15.9. The Balaban J connectivity index is 0.000000230.